The first-order chi connectivity index (χ1) is 21.7. The number of halogens is 3. The number of aryl methyl sites for hydroxylation is 1. The first-order valence-electron chi connectivity index (χ1n) is 15.9. The number of pyridine rings is 1. The number of carboxylic acid groups (broad SMARTS) is 1. The van der Waals surface area contributed by atoms with Crippen LogP contribution in [0.2, 0.25) is 5.02 Å². The second-order valence-corrected chi connectivity index (χ2v) is 12.6. The van der Waals surface area contributed by atoms with E-state index in [1.54, 1.807) is 0 Å². The van der Waals surface area contributed by atoms with Gasteiger partial charge in [0.05, 0.1) is 34.1 Å². The first-order valence-corrected chi connectivity index (χ1v) is 16.3. The highest BCUT2D eigenvalue weighted by atomic mass is 35.5. The second kappa shape index (κ2) is 13.0. The van der Waals surface area contributed by atoms with Crippen molar-refractivity contribution in [2.24, 2.45) is 0 Å². The van der Waals surface area contributed by atoms with Gasteiger partial charge in [-0.3, -0.25) is 14.7 Å². The Morgan fingerprint density at radius 3 is 2.47 bits per heavy atom. The Balaban J connectivity index is 1.20. The van der Waals surface area contributed by atoms with E-state index >= 15 is 0 Å². The number of carbonyl (C=O) groups is 2. The van der Waals surface area contributed by atoms with E-state index in [2.05, 4.69) is 16.0 Å². The van der Waals surface area contributed by atoms with Gasteiger partial charge < -0.3 is 14.7 Å². The fraction of sp³-hybridized carbons (Fsp3) is 0.457. The van der Waals surface area contributed by atoms with Gasteiger partial charge in [-0.05, 0) is 74.8 Å². The number of nitrogens with zero attached hydrogens (tertiary/aromatic N) is 3. The molecule has 1 saturated heterocycles. The van der Waals surface area contributed by atoms with Crippen molar-refractivity contribution >= 4 is 23.5 Å². The summed E-state index contributed by atoms with van der Waals surface area (Å²) in [5.41, 5.74) is 4.51. The van der Waals surface area contributed by atoms with Crippen LogP contribution in [-0.4, -0.2) is 64.0 Å². The topological polar surface area (TPSA) is 83.0 Å². The Labute approximate surface area is 267 Å². The van der Waals surface area contributed by atoms with Gasteiger partial charge >= 0.3 is 5.97 Å². The van der Waals surface area contributed by atoms with Crippen LogP contribution in [0.1, 0.15) is 95.1 Å². The SMILES string of the molecule is CCCc1nc2c(cc1C(=O)O)C(=O)N(C1CCN(Cc3cc(C4CC4)c(-c4ccc(F)cc4F)c(Cl)c3OCC)CC1)CC2. The van der Waals surface area contributed by atoms with Gasteiger partial charge in [0, 0.05) is 61.4 Å². The average Bonchev–Trinajstić information content (AvgIpc) is 3.86. The van der Waals surface area contributed by atoms with Crippen molar-refractivity contribution in [3.63, 3.8) is 0 Å². The van der Waals surface area contributed by atoms with Crippen molar-refractivity contribution < 1.29 is 28.2 Å². The van der Waals surface area contributed by atoms with Gasteiger partial charge in [-0.25, -0.2) is 13.6 Å². The number of carbonyl (C=O) groups excluding carboxylic acids is 1. The van der Waals surface area contributed by atoms with Crippen LogP contribution in [0, 0.1) is 11.6 Å². The quantitative estimate of drug-likeness (QED) is 0.252. The number of hydrogen-bond acceptors (Lipinski definition) is 5. The fourth-order valence-electron chi connectivity index (χ4n) is 6.85. The van der Waals surface area contributed by atoms with Gasteiger partial charge in [-0.15, -0.1) is 0 Å². The van der Waals surface area contributed by atoms with E-state index in [0.29, 0.717) is 65.8 Å². The lowest BCUT2D eigenvalue weighted by Crippen LogP contribution is -2.50. The molecule has 0 spiro atoms. The minimum Gasteiger partial charge on any atom is -0.492 e. The Bertz CT molecular complexity index is 1640. The predicted molar refractivity (Wildman–Crippen MR) is 168 cm³/mol. The number of rotatable bonds is 10. The maximum atomic E-state index is 15.0. The van der Waals surface area contributed by atoms with Crippen molar-refractivity contribution in [2.75, 3.05) is 26.2 Å². The summed E-state index contributed by atoms with van der Waals surface area (Å²) in [5.74, 6) is -1.69. The number of aromatic carboxylic acids is 1. The summed E-state index contributed by atoms with van der Waals surface area (Å²) in [6.45, 7) is 6.92. The van der Waals surface area contributed by atoms with E-state index in [0.717, 1.165) is 62.4 Å². The maximum absolute atomic E-state index is 15.0. The van der Waals surface area contributed by atoms with E-state index in [1.165, 1.54) is 18.2 Å². The highest BCUT2D eigenvalue weighted by molar-refractivity contribution is 6.35. The molecule has 1 aromatic heterocycles. The third kappa shape index (κ3) is 6.29. The second-order valence-electron chi connectivity index (χ2n) is 12.3. The molecule has 10 heteroatoms. The van der Waals surface area contributed by atoms with Gasteiger partial charge in [0.1, 0.15) is 17.4 Å². The molecule has 0 radical (unpaired) electrons. The molecule has 1 saturated carbocycles. The van der Waals surface area contributed by atoms with E-state index in [1.807, 2.05) is 18.7 Å². The molecule has 0 atom stereocenters. The molecule has 0 unspecified atom stereocenters. The zero-order valence-electron chi connectivity index (χ0n) is 25.7. The van der Waals surface area contributed by atoms with Crippen molar-refractivity contribution in [3.8, 4) is 16.9 Å². The van der Waals surface area contributed by atoms with Crippen LogP contribution in [0.5, 0.6) is 5.75 Å². The normalized spacial score (nSPS) is 17.4. The van der Waals surface area contributed by atoms with Crippen molar-refractivity contribution in [3.05, 3.63) is 80.6 Å². The van der Waals surface area contributed by atoms with E-state index in [9.17, 15) is 23.5 Å². The summed E-state index contributed by atoms with van der Waals surface area (Å²) < 4.78 is 34.7. The summed E-state index contributed by atoms with van der Waals surface area (Å²) in [5, 5.41) is 10.1. The summed E-state index contributed by atoms with van der Waals surface area (Å²) in [6, 6.07) is 7.24. The number of amides is 1. The van der Waals surface area contributed by atoms with Gasteiger partial charge in [0.15, 0.2) is 0 Å². The molecule has 3 aliphatic rings. The molecule has 45 heavy (non-hydrogen) atoms. The predicted octanol–water partition coefficient (Wildman–Crippen LogP) is 7.27. The van der Waals surface area contributed by atoms with Crippen molar-refractivity contribution in [2.45, 2.75) is 77.3 Å². The van der Waals surface area contributed by atoms with E-state index in [-0.39, 0.29) is 29.0 Å². The van der Waals surface area contributed by atoms with Gasteiger partial charge in [0.2, 0.25) is 0 Å². The highest BCUT2D eigenvalue weighted by Crippen LogP contribution is 2.51. The standard InChI is InChI=1S/C35H38ClF2N3O4/c1-3-5-29-27(35(43)44)18-26-30(39-29)12-15-41(34(26)42)23-10-13-40(14-11-23)19-21-16-25(20-6-7-20)31(32(36)33(21)45-4-2)24-9-8-22(37)17-28(24)38/h8-9,16-18,20,23H,3-7,10-15,19H2,1-2H3,(H,43,44). The van der Waals surface area contributed by atoms with Crippen LogP contribution in [0.4, 0.5) is 8.78 Å². The lowest BCUT2D eigenvalue weighted by molar-refractivity contribution is 0.0543. The largest absolute Gasteiger partial charge is 0.492 e. The molecule has 1 amide bonds. The Morgan fingerprint density at radius 2 is 1.82 bits per heavy atom. The van der Waals surface area contributed by atoms with Crippen LogP contribution in [-0.2, 0) is 19.4 Å². The first kappa shape index (κ1) is 31.4. The lowest BCUT2D eigenvalue weighted by Gasteiger charge is -2.40. The molecular weight excluding hydrogens is 600 g/mol. The summed E-state index contributed by atoms with van der Waals surface area (Å²) >= 11 is 6.98. The maximum Gasteiger partial charge on any atom is 0.337 e. The molecule has 1 N–H and O–H groups in total. The molecule has 2 fully saturated rings. The van der Waals surface area contributed by atoms with Crippen LogP contribution >= 0.6 is 11.6 Å². The Hall–Kier alpha value is -3.56. The number of ether oxygens (including phenoxy) is 1. The lowest BCUT2D eigenvalue weighted by atomic mass is 9.92. The number of carboxylic acids is 1. The number of piperidine rings is 1. The molecule has 1 aliphatic carbocycles. The smallest absolute Gasteiger partial charge is 0.337 e. The summed E-state index contributed by atoms with van der Waals surface area (Å²) in [4.78, 5) is 34.3. The van der Waals surface area contributed by atoms with Crippen LogP contribution < -0.4 is 4.74 Å². The van der Waals surface area contributed by atoms with Gasteiger partial charge in [-0.2, -0.15) is 0 Å². The molecule has 7 nitrogen and oxygen atoms in total. The molecule has 2 aromatic carbocycles. The number of benzene rings is 2. The third-order valence-electron chi connectivity index (χ3n) is 9.21. The third-order valence-corrected chi connectivity index (χ3v) is 9.57. The van der Waals surface area contributed by atoms with Crippen LogP contribution in [0.15, 0.2) is 30.3 Å². The van der Waals surface area contributed by atoms with E-state index in [4.69, 9.17) is 16.3 Å². The average molecular weight is 638 g/mol. The molecule has 0 bridgehead atoms. The Morgan fingerprint density at radius 1 is 1.07 bits per heavy atom. The van der Waals surface area contributed by atoms with Crippen LogP contribution in [0.25, 0.3) is 11.1 Å². The van der Waals surface area contributed by atoms with Gasteiger partial charge in [-0.1, -0.05) is 24.9 Å². The fourth-order valence-corrected chi connectivity index (χ4v) is 7.24. The number of likely N-dealkylation sites (tertiary alicyclic amines) is 1. The van der Waals surface area contributed by atoms with Crippen LogP contribution in [0.3, 0.4) is 0 Å². The van der Waals surface area contributed by atoms with E-state index < -0.39 is 17.6 Å². The molecule has 6 rings (SSSR count). The van der Waals surface area contributed by atoms with Crippen molar-refractivity contribution in [1.29, 1.82) is 0 Å². The molecule has 2 aliphatic heterocycles. The minimum atomic E-state index is -1.06. The molecule has 3 heterocycles. The monoisotopic (exact) mass is 637 g/mol. The molecule has 3 aromatic rings. The summed E-state index contributed by atoms with van der Waals surface area (Å²) in [6.07, 6.45) is 5.49. The summed E-state index contributed by atoms with van der Waals surface area (Å²) in [7, 11) is 0. The highest BCUT2D eigenvalue weighted by Gasteiger charge is 2.35. The number of fused-ring (bicyclic) bond motifs is 1. The number of aromatic nitrogens is 1. The minimum absolute atomic E-state index is 0.0475. The molecule has 238 valence electrons. The molecular formula is C35H38ClF2N3O4. The van der Waals surface area contributed by atoms with Gasteiger partial charge in [0.25, 0.3) is 5.91 Å². The zero-order chi connectivity index (χ0) is 31.8. The van der Waals surface area contributed by atoms with Crippen molar-refractivity contribution in [1.82, 2.24) is 14.8 Å². The number of hydrogen-bond donors (Lipinski definition) is 1. The Kier molecular flexibility index (Phi) is 9.11. The zero-order valence-corrected chi connectivity index (χ0v) is 26.4.